The van der Waals surface area contributed by atoms with E-state index in [0.717, 1.165) is 12.2 Å². The quantitative estimate of drug-likeness (QED) is 0.358. The summed E-state index contributed by atoms with van der Waals surface area (Å²) in [6.07, 6.45) is 16.2. The molecule has 0 fully saturated rings. The van der Waals surface area contributed by atoms with Crippen LogP contribution in [0, 0.1) is 10.8 Å². The summed E-state index contributed by atoms with van der Waals surface area (Å²) in [6.45, 7) is 5.85. The van der Waals surface area contributed by atoms with E-state index in [-0.39, 0.29) is 26.4 Å². The molecule has 0 aliphatic heterocycles. The first-order valence-corrected chi connectivity index (χ1v) is 8.08. The number of hydrogen-bond donors (Lipinski definition) is 6. The van der Waals surface area contributed by atoms with Gasteiger partial charge < -0.3 is 30.6 Å². The lowest BCUT2D eigenvalue weighted by Crippen LogP contribution is -2.22. The van der Waals surface area contributed by atoms with Gasteiger partial charge in [-0.05, 0) is 0 Å². The Morgan fingerprint density at radius 3 is 0.893 bits per heavy atom. The van der Waals surface area contributed by atoms with Gasteiger partial charge in [0.2, 0.25) is 0 Å². The van der Waals surface area contributed by atoms with E-state index >= 15 is 0 Å². The maximum Gasteiger partial charge on any atom is 0.327 e. The highest BCUT2D eigenvalue weighted by atomic mass is 16.4. The zero-order valence-corrected chi connectivity index (χ0v) is 15.5. The Balaban J connectivity index is 0. The van der Waals surface area contributed by atoms with Gasteiger partial charge in [0.05, 0.1) is 37.3 Å². The molecule has 0 amide bonds. The summed E-state index contributed by atoms with van der Waals surface area (Å²) in [4.78, 5) is 18.5. The van der Waals surface area contributed by atoms with Crippen molar-refractivity contribution in [1.82, 2.24) is 0 Å². The normalized spacial score (nSPS) is 15.9. The number of aliphatic hydroxyl groups excluding tert-OH is 4. The minimum Gasteiger partial charge on any atom is -0.478 e. The number of allylic oxidation sites excluding steroid dienone is 4. The first-order chi connectivity index (χ1) is 13.2. The molecule has 2 rings (SSSR count). The fourth-order valence-electron chi connectivity index (χ4n) is 1.62. The first kappa shape index (κ1) is 27.4. The van der Waals surface area contributed by atoms with Crippen LogP contribution in [-0.4, -0.2) is 69.0 Å². The molecule has 8 nitrogen and oxygen atoms in total. The molecule has 2 aliphatic carbocycles. The van der Waals surface area contributed by atoms with Crippen molar-refractivity contribution in [2.45, 2.75) is 0 Å². The van der Waals surface area contributed by atoms with Crippen LogP contribution in [0.5, 0.6) is 0 Å². The second-order valence-electron chi connectivity index (χ2n) is 5.62. The van der Waals surface area contributed by atoms with Crippen LogP contribution in [0.2, 0.25) is 0 Å². The second kappa shape index (κ2) is 15.3. The Kier molecular flexibility index (Phi) is 15.0. The van der Waals surface area contributed by atoms with Gasteiger partial charge in [0, 0.05) is 12.2 Å². The number of carbonyl (C=O) groups is 2. The van der Waals surface area contributed by atoms with E-state index in [4.69, 9.17) is 30.6 Å². The molecule has 0 atom stereocenters. The van der Waals surface area contributed by atoms with E-state index in [9.17, 15) is 9.59 Å². The summed E-state index contributed by atoms with van der Waals surface area (Å²) >= 11 is 0. The van der Waals surface area contributed by atoms with Gasteiger partial charge in [-0.25, -0.2) is 9.59 Å². The lowest BCUT2D eigenvalue weighted by molar-refractivity contribution is -0.132. The molecule has 0 bridgehead atoms. The second-order valence-corrected chi connectivity index (χ2v) is 5.62. The van der Waals surface area contributed by atoms with Crippen molar-refractivity contribution in [2.24, 2.45) is 10.8 Å². The van der Waals surface area contributed by atoms with Gasteiger partial charge in [0.1, 0.15) is 0 Å². The maximum absolute atomic E-state index is 9.25. The van der Waals surface area contributed by atoms with Gasteiger partial charge in [-0.3, -0.25) is 0 Å². The van der Waals surface area contributed by atoms with E-state index in [1.807, 2.05) is 24.3 Å². The summed E-state index contributed by atoms with van der Waals surface area (Å²) < 4.78 is 0. The van der Waals surface area contributed by atoms with Gasteiger partial charge in [-0.2, -0.15) is 0 Å². The molecule has 0 aromatic carbocycles. The van der Waals surface area contributed by atoms with Crippen LogP contribution in [0.15, 0.2) is 73.9 Å². The molecular formula is C20H28O8. The Hall–Kier alpha value is -2.78. The van der Waals surface area contributed by atoms with Crippen LogP contribution in [0.4, 0.5) is 0 Å². The molecule has 28 heavy (non-hydrogen) atoms. The van der Waals surface area contributed by atoms with Crippen LogP contribution in [0.1, 0.15) is 0 Å². The Morgan fingerprint density at radius 2 is 0.821 bits per heavy atom. The molecular weight excluding hydrogens is 368 g/mol. The van der Waals surface area contributed by atoms with Crippen molar-refractivity contribution in [1.29, 1.82) is 0 Å². The molecule has 0 aromatic heterocycles. The van der Waals surface area contributed by atoms with Crippen molar-refractivity contribution in [3.05, 3.63) is 73.9 Å². The Morgan fingerprint density at radius 1 is 0.643 bits per heavy atom. The fraction of sp³-hybridized carbons (Fsp3) is 0.300. The van der Waals surface area contributed by atoms with E-state index < -0.39 is 22.8 Å². The highest BCUT2D eigenvalue weighted by molar-refractivity contribution is 5.79. The molecule has 0 heterocycles. The van der Waals surface area contributed by atoms with E-state index in [0.29, 0.717) is 0 Å². The van der Waals surface area contributed by atoms with Crippen molar-refractivity contribution >= 4 is 11.9 Å². The molecule has 2 aliphatic rings. The van der Waals surface area contributed by atoms with Crippen molar-refractivity contribution < 1.29 is 40.2 Å². The number of aliphatic carboxylic acids is 2. The van der Waals surface area contributed by atoms with Crippen LogP contribution in [0.3, 0.4) is 0 Å². The molecule has 6 N–H and O–H groups in total. The van der Waals surface area contributed by atoms with Crippen LogP contribution < -0.4 is 0 Å². The zero-order valence-electron chi connectivity index (χ0n) is 15.5. The number of rotatable bonds is 6. The standard InChI is InChI=1S/2C7H10O2.2C3H4O2/c2*8-5-7(6-9)3-1-2-4-7;2*1-2-3(4)5/h2*1-4,8-9H,5-6H2;2*2H,1H2,(H,4,5). The molecule has 156 valence electrons. The van der Waals surface area contributed by atoms with Gasteiger partial charge in [-0.1, -0.05) is 61.8 Å². The Labute approximate surface area is 164 Å². The lowest BCUT2D eigenvalue weighted by atomic mass is 9.93. The molecule has 8 heteroatoms. The summed E-state index contributed by atoms with van der Waals surface area (Å²) in [5.74, 6) is -1.96. The molecule has 0 saturated heterocycles. The van der Waals surface area contributed by atoms with Crippen LogP contribution in [0.25, 0.3) is 0 Å². The van der Waals surface area contributed by atoms with Crippen molar-refractivity contribution in [3.63, 3.8) is 0 Å². The fourth-order valence-corrected chi connectivity index (χ4v) is 1.62. The van der Waals surface area contributed by atoms with E-state index in [2.05, 4.69) is 13.2 Å². The third-order valence-corrected chi connectivity index (χ3v) is 3.46. The number of hydrogen-bond acceptors (Lipinski definition) is 6. The topological polar surface area (TPSA) is 156 Å². The highest BCUT2D eigenvalue weighted by Crippen LogP contribution is 2.24. The SMILES string of the molecule is C=CC(=O)O.C=CC(=O)O.OCC1(CO)C=CC=C1.OCC1(CO)C=CC=C1. The van der Waals surface area contributed by atoms with Crippen molar-refractivity contribution in [3.8, 4) is 0 Å². The summed E-state index contributed by atoms with van der Waals surface area (Å²) in [7, 11) is 0. The smallest absolute Gasteiger partial charge is 0.327 e. The van der Waals surface area contributed by atoms with Crippen molar-refractivity contribution in [2.75, 3.05) is 26.4 Å². The third-order valence-electron chi connectivity index (χ3n) is 3.46. The minimum atomic E-state index is -0.981. The highest BCUT2D eigenvalue weighted by Gasteiger charge is 2.23. The van der Waals surface area contributed by atoms with E-state index in [1.54, 1.807) is 24.3 Å². The molecule has 0 unspecified atom stereocenters. The summed E-state index contributed by atoms with van der Waals surface area (Å²) in [5.41, 5.74) is -0.944. The van der Waals surface area contributed by atoms with Crippen LogP contribution in [-0.2, 0) is 9.59 Å². The van der Waals surface area contributed by atoms with Gasteiger partial charge >= 0.3 is 11.9 Å². The molecule has 0 radical (unpaired) electrons. The summed E-state index contributed by atoms with van der Waals surface area (Å²) in [6, 6.07) is 0. The number of aliphatic hydroxyl groups is 4. The largest absolute Gasteiger partial charge is 0.478 e. The monoisotopic (exact) mass is 396 g/mol. The number of carboxylic acids is 2. The summed E-state index contributed by atoms with van der Waals surface area (Å²) in [5, 5.41) is 50.2. The number of carboxylic acid groups (broad SMARTS) is 2. The lowest BCUT2D eigenvalue weighted by Gasteiger charge is -2.17. The molecule has 0 saturated carbocycles. The molecule has 0 spiro atoms. The predicted octanol–water partition coefficient (Wildman–Crippen LogP) is 0.681. The minimum absolute atomic E-state index is 0.0174. The van der Waals surface area contributed by atoms with Gasteiger partial charge in [-0.15, -0.1) is 0 Å². The van der Waals surface area contributed by atoms with Crippen LogP contribution >= 0.6 is 0 Å². The predicted molar refractivity (Wildman–Crippen MR) is 105 cm³/mol. The van der Waals surface area contributed by atoms with Gasteiger partial charge in [0.15, 0.2) is 0 Å². The third kappa shape index (κ3) is 11.8. The van der Waals surface area contributed by atoms with Gasteiger partial charge in [0.25, 0.3) is 0 Å². The first-order valence-electron chi connectivity index (χ1n) is 8.08. The average Bonchev–Trinajstić information content (AvgIpc) is 3.39. The average molecular weight is 396 g/mol. The zero-order chi connectivity index (χ0) is 22.1. The van der Waals surface area contributed by atoms with E-state index in [1.165, 1.54) is 0 Å². The molecule has 0 aromatic rings. The Bertz CT molecular complexity index is 524. The maximum atomic E-state index is 9.25.